The number of carbonyl (C=O) groups is 2. The Kier molecular flexibility index (Phi) is 7.42. The van der Waals surface area contributed by atoms with Crippen molar-refractivity contribution in [2.45, 2.75) is 22.9 Å². The Bertz CT molecular complexity index is 1140. The van der Waals surface area contributed by atoms with E-state index in [9.17, 15) is 22.8 Å². The van der Waals surface area contributed by atoms with Crippen LogP contribution in [0.2, 0.25) is 5.02 Å². The van der Waals surface area contributed by atoms with Crippen LogP contribution in [0, 0.1) is 0 Å². The molecule has 0 atom stereocenters. The molecule has 2 amide bonds. The highest BCUT2D eigenvalue weighted by Crippen LogP contribution is 2.35. The molecule has 0 unspecified atom stereocenters. The summed E-state index contributed by atoms with van der Waals surface area (Å²) in [7, 11) is 0. The van der Waals surface area contributed by atoms with Gasteiger partial charge in [0.1, 0.15) is 5.69 Å². The fourth-order valence-corrected chi connectivity index (χ4v) is 3.75. The van der Waals surface area contributed by atoms with Crippen molar-refractivity contribution in [3.63, 3.8) is 0 Å². The Morgan fingerprint density at radius 2 is 1.72 bits per heavy atom. The van der Waals surface area contributed by atoms with Gasteiger partial charge in [-0.3, -0.25) is 14.6 Å². The molecule has 5 nitrogen and oxygen atoms in total. The van der Waals surface area contributed by atoms with Crippen molar-refractivity contribution in [2.75, 3.05) is 11.9 Å². The molecule has 0 radical (unpaired) electrons. The van der Waals surface area contributed by atoms with E-state index in [0.717, 1.165) is 21.9 Å². The second kappa shape index (κ2) is 10.1. The van der Waals surface area contributed by atoms with Gasteiger partial charge < -0.3 is 10.6 Å². The highest BCUT2D eigenvalue weighted by Gasteiger charge is 2.33. The van der Waals surface area contributed by atoms with E-state index >= 15 is 0 Å². The summed E-state index contributed by atoms with van der Waals surface area (Å²) in [5.41, 5.74) is -0.500. The molecular formula is C22H17ClF3N3O2S. The summed E-state index contributed by atoms with van der Waals surface area (Å²) < 4.78 is 39.0. The second-order valence-corrected chi connectivity index (χ2v) is 8.06. The molecule has 166 valence electrons. The molecular weight excluding hydrogens is 463 g/mol. The van der Waals surface area contributed by atoms with E-state index in [4.69, 9.17) is 11.6 Å². The molecule has 32 heavy (non-hydrogen) atoms. The minimum atomic E-state index is -4.66. The zero-order chi connectivity index (χ0) is 23.3. The van der Waals surface area contributed by atoms with Gasteiger partial charge in [0, 0.05) is 33.8 Å². The first kappa shape index (κ1) is 23.6. The number of hydrogen-bond acceptors (Lipinski definition) is 4. The zero-order valence-electron chi connectivity index (χ0n) is 16.7. The molecule has 0 bridgehead atoms. The number of amides is 2. The summed E-state index contributed by atoms with van der Waals surface area (Å²) in [6.45, 7) is 2.32. The van der Waals surface area contributed by atoms with E-state index in [-0.39, 0.29) is 11.5 Å². The molecule has 0 spiro atoms. The van der Waals surface area contributed by atoms with Gasteiger partial charge in [-0.15, -0.1) is 0 Å². The lowest BCUT2D eigenvalue weighted by atomic mass is 10.1. The van der Waals surface area contributed by atoms with Crippen molar-refractivity contribution < 1.29 is 22.8 Å². The van der Waals surface area contributed by atoms with E-state index in [1.807, 2.05) is 6.92 Å². The fraction of sp³-hybridized carbons (Fsp3) is 0.136. The number of halogens is 4. The molecule has 0 aliphatic heterocycles. The number of aromatic nitrogens is 1. The Morgan fingerprint density at radius 3 is 2.38 bits per heavy atom. The lowest BCUT2D eigenvalue weighted by Crippen LogP contribution is -2.23. The highest BCUT2D eigenvalue weighted by atomic mass is 35.5. The van der Waals surface area contributed by atoms with Gasteiger partial charge in [-0.1, -0.05) is 23.4 Å². The quantitative estimate of drug-likeness (QED) is 0.461. The summed E-state index contributed by atoms with van der Waals surface area (Å²) in [5, 5.41) is 4.78. The Labute approximate surface area is 191 Å². The maximum absolute atomic E-state index is 13.0. The second-order valence-electron chi connectivity index (χ2n) is 6.51. The minimum Gasteiger partial charge on any atom is -0.351 e. The zero-order valence-corrected chi connectivity index (χ0v) is 18.2. The molecule has 1 aromatic heterocycles. The number of pyridine rings is 1. The van der Waals surface area contributed by atoms with Crippen molar-refractivity contribution in [1.29, 1.82) is 0 Å². The van der Waals surface area contributed by atoms with Gasteiger partial charge in [-0.2, -0.15) is 13.2 Å². The van der Waals surface area contributed by atoms with Crippen LogP contribution < -0.4 is 10.6 Å². The SMILES string of the molecule is CCNC(=O)c1cc(Sc2ccc(NC(=O)c3ccc(Cl)c(C(F)(F)F)c3)cc2)ccn1. The molecule has 0 fully saturated rings. The third kappa shape index (κ3) is 6.02. The van der Waals surface area contributed by atoms with Crippen LogP contribution in [0.5, 0.6) is 0 Å². The molecule has 2 N–H and O–H groups in total. The first-order valence-corrected chi connectivity index (χ1v) is 10.6. The molecule has 0 saturated heterocycles. The van der Waals surface area contributed by atoms with Gasteiger partial charge in [-0.25, -0.2) is 0 Å². The van der Waals surface area contributed by atoms with Gasteiger partial charge in [-0.05, 0) is 61.5 Å². The molecule has 0 aliphatic carbocycles. The minimum absolute atomic E-state index is 0.158. The predicted octanol–water partition coefficient (Wildman–Crippen LogP) is 5.91. The topological polar surface area (TPSA) is 71.1 Å². The molecule has 10 heteroatoms. The van der Waals surface area contributed by atoms with Crippen LogP contribution in [0.15, 0.2) is 70.6 Å². The standard InChI is InChI=1S/C22H17ClF3N3O2S/c1-2-27-21(31)19-12-16(9-10-28-19)32-15-6-4-14(5-7-15)29-20(30)13-3-8-18(23)17(11-13)22(24,25)26/h3-12H,2H2,1H3,(H,27,31)(H,29,30). The third-order valence-corrected chi connectivity index (χ3v) is 5.51. The van der Waals surface area contributed by atoms with Gasteiger partial charge in [0.15, 0.2) is 0 Å². The first-order chi connectivity index (χ1) is 15.2. The number of benzene rings is 2. The Balaban J connectivity index is 1.68. The number of anilines is 1. The van der Waals surface area contributed by atoms with Gasteiger partial charge in [0.2, 0.25) is 0 Å². The van der Waals surface area contributed by atoms with Crippen LogP contribution in [-0.2, 0) is 6.18 Å². The van der Waals surface area contributed by atoms with Crippen LogP contribution in [-0.4, -0.2) is 23.3 Å². The van der Waals surface area contributed by atoms with Crippen molar-refractivity contribution in [3.8, 4) is 0 Å². The highest BCUT2D eigenvalue weighted by molar-refractivity contribution is 7.99. The summed E-state index contributed by atoms with van der Waals surface area (Å²) in [4.78, 5) is 30.0. The van der Waals surface area contributed by atoms with E-state index in [2.05, 4.69) is 15.6 Å². The Morgan fingerprint density at radius 1 is 1.00 bits per heavy atom. The number of nitrogens with one attached hydrogen (secondary N) is 2. The smallest absolute Gasteiger partial charge is 0.351 e. The summed E-state index contributed by atoms with van der Waals surface area (Å²) in [6, 6.07) is 13.2. The number of carbonyl (C=O) groups excluding carboxylic acids is 2. The van der Waals surface area contributed by atoms with E-state index in [1.54, 1.807) is 42.6 Å². The number of hydrogen-bond donors (Lipinski definition) is 2. The molecule has 0 aliphatic rings. The summed E-state index contributed by atoms with van der Waals surface area (Å²) in [5.74, 6) is -0.947. The lowest BCUT2D eigenvalue weighted by Gasteiger charge is -2.11. The van der Waals surface area contributed by atoms with Crippen molar-refractivity contribution in [1.82, 2.24) is 10.3 Å². The molecule has 2 aromatic carbocycles. The van der Waals surface area contributed by atoms with Gasteiger partial charge in [0.05, 0.1) is 10.6 Å². The van der Waals surface area contributed by atoms with E-state index in [1.165, 1.54) is 17.8 Å². The van der Waals surface area contributed by atoms with Crippen LogP contribution in [0.3, 0.4) is 0 Å². The van der Waals surface area contributed by atoms with Gasteiger partial charge >= 0.3 is 6.18 Å². The maximum atomic E-state index is 13.0. The average Bonchev–Trinajstić information content (AvgIpc) is 2.75. The van der Waals surface area contributed by atoms with Gasteiger partial charge in [0.25, 0.3) is 11.8 Å². The monoisotopic (exact) mass is 479 g/mol. The fourth-order valence-electron chi connectivity index (χ4n) is 2.68. The molecule has 3 aromatic rings. The predicted molar refractivity (Wildman–Crippen MR) is 117 cm³/mol. The van der Waals surface area contributed by atoms with Crippen molar-refractivity contribution >= 4 is 40.9 Å². The van der Waals surface area contributed by atoms with Crippen molar-refractivity contribution in [2.24, 2.45) is 0 Å². The normalized spacial score (nSPS) is 11.2. The number of nitrogens with zero attached hydrogens (tertiary/aromatic N) is 1. The van der Waals surface area contributed by atoms with Crippen LogP contribution >= 0.6 is 23.4 Å². The molecule has 0 saturated carbocycles. The third-order valence-electron chi connectivity index (χ3n) is 4.18. The Hall–Kier alpha value is -3.04. The maximum Gasteiger partial charge on any atom is 0.417 e. The summed E-state index contributed by atoms with van der Waals surface area (Å²) in [6.07, 6.45) is -3.11. The van der Waals surface area contributed by atoms with E-state index < -0.39 is 22.7 Å². The van der Waals surface area contributed by atoms with Crippen LogP contribution in [0.1, 0.15) is 33.3 Å². The molecule has 3 rings (SSSR count). The molecule has 1 heterocycles. The number of alkyl halides is 3. The van der Waals surface area contributed by atoms with E-state index in [0.29, 0.717) is 17.9 Å². The van der Waals surface area contributed by atoms with Crippen molar-refractivity contribution in [3.05, 3.63) is 82.6 Å². The number of rotatable bonds is 6. The van der Waals surface area contributed by atoms with Crippen LogP contribution in [0.25, 0.3) is 0 Å². The first-order valence-electron chi connectivity index (χ1n) is 9.37. The van der Waals surface area contributed by atoms with Crippen LogP contribution in [0.4, 0.5) is 18.9 Å². The lowest BCUT2D eigenvalue weighted by molar-refractivity contribution is -0.137. The largest absolute Gasteiger partial charge is 0.417 e. The summed E-state index contributed by atoms with van der Waals surface area (Å²) >= 11 is 6.99. The average molecular weight is 480 g/mol.